The Kier molecular flexibility index (Phi) is 3.14. The molecule has 0 fully saturated rings. The normalized spacial score (nSPS) is 11.3. The summed E-state index contributed by atoms with van der Waals surface area (Å²) in [6.07, 6.45) is 1.79. The third-order valence-corrected chi connectivity index (χ3v) is 1.22. The molecule has 0 aliphatic heterocycles. The van der Waals surface area contributed by atoms with Crippen LogP contribution < -0.4 is 0 Å². The molecule has 0 aromatic rings. The van der Waals surface area contributed by atoms with Crippen molar-refractivity contribution in [1.29, 1.82) is 0 Å². The summed E-state index contributed by atoms with van der Waals surface area (Å²) in [5, 5.41) is 0. The molecule has 0 amide bonds. The Hall–Kier alpha value is -0.0400. The van der Waals surface area contributed by atoms with Gasteiger partial charge in [0, 0.05) is 0 Å². The lowest BCUT2D eigenvalue weighted by Gasteiger charge is -1.77. The van der Waals surface area contributed by atoms with E-state index in [1.54, 1.807) is 6.08 Å². The van der Waals surface area contributed by atoms with Crippen molar-refractivity contribution < 1.29 is 0 Å². The van der Waals surface area contributed by atoms with Crippen molar-refractivity contribution in [2.24, 2.45) is 0 Å². The Morgan fingerprint density at radius 1 is 1.83 bits per heavy atom. The second kappa shape index (κ2) is 3.16. The highest BCUT2D eigenvalue weighted by Gasteiger charge is 1.68. The molecule has 6 heavy (non-hydrogen) atoms. The highest BCUT2D eigenvalue weighted by Crippen LogP contribution is 1.95. The number of halogens is 1. The van der Waals surface area contributed by atoms with Gasteiger partial charge >= 0.3 is 0 Å². The van der Waals surface area contributed by atoms with Crippen molar-refractivity contribution in [2.75, 3.05) is 0 Å². The van der Waals surface area contributed by atoms with Crippen LogP contribution in [-0.2, 0) is 0 Å². The zero-order chi connectivity index (χ0) is 4.99. The predicted molar refractivity (Wildman–Crippen MR) is 32.9 cm³/mol. The summed E-state index contributed by atoms with van der Waals surface area (Å²) in [7, 11) is 0. The number of rotatable bonds is 1. The van der Waals surface area contributed by atoms with Crippen LogP contribution in [0.4, 0.5) is 0 Å². The van der Waals surface area contributed by atoms with E-state index in [1.165, 1.54) is 0 Å². The van der Waals surface area contributed by atoms with E-state index in [0.717, 1.165) is 5.57 Å². The summed E-state index contributed by atoms with van der Waals surface area (Å²) in [6.45, 7) is 5.51. The largest absolute Gasteiger partial charge is 0.0988 e. The molecule has 0 aliphatic rings. The summed E-state index contributed by atoms with van der Waals surface area (Å²) in [5.74, 6) is 0. The molecule has 0 saturated heterocycles. The Morgan fingerprint density at radius 3 is 2.33 bits per heavy atom. The molecule has 0 saturated carbocycles. The summed E-state index contributed by atoms with van der Waals surface area (Å²) < 4.78 is 0. The van der Waals surface area contributed by atoms with Crippen LogP contribution in [-0.4, -0.2) is 0 Å². The van der Waals surface area contributed by atoms with E-state index >= 15 is 0 Å². The lowest BCUT2D eigenvalue weighted by atomic mass is 10.4. The van der Waals surface area contributed by atoms with Crippen LogP contribution in [0.2, 0.25) is 0 Å². The van der Waals surface area contributed by atoms with E-state index in [1.807, 2.05) is 11.9 Å². The lowest BCUT2D eigenvalue weighted by molar-refractivity contribution is 1.57. The topological polar surface area (TPSA) is 0 Å². The first-order chi connectivity index (χ1) is 2.81. The molecule has 0 bridgehead atoms. The van der Waals surface area contributed by atoms with Crippen molar-refractivity contribution in [2.45, 2.75) is 6.92 Å². The molecule has 0 heterocycles. The third kappa shape index (κ3) is 2.21. The van der Waals surface area contributed by atoms with E-state index in [-0.39, 0.29) is 0 Å². The van der Waals surface area contributed by atoms with Gasteiger partial charge in [0.2, 0.25) is 0 Å². The van der Waals surface area contributed by atoms with Crippen LogP contribution in [0.5, 0.6) is 0 Å². The Bertz CT molecular complexity index is 72.0. The predicted octanol–water partition coefficient (Wildman–Crippen LogP) is 2.47. The van der Waals surface area contributed by atoms with E-state index in [9.17, 15) is 0 Å². The number of hydrogen-bond donors (Lipinski definition) is 0. The van der Waals surface area contributed by atoms with Crippen LogP contribution in [0, 0.1) is 0 Å². The fourth-order valence-corrected chi connectivity index (χ4v) is 0.231. The highest BCUT2D eigenvalue weighted by atomic mass is 79.9. The van der Waals surface area contributed by atoms with Crippen molar-refractivity contribution in [3.8, 4) is 0 Å². The zero-order valence-corrected chi connectivity index (χ0v) is 5.33. The van der Waals surface area contributed by atoms with E-state index < -0.39 is 0 Å². The van der Waals surface area contributed by atoms with Crippen molar-refractivity contribution in [3.63, 3.8) is 0 Å². The summed E-state index contributed by atoms with van der Waals surface area (Å²) in [5.41, 5.74) is 1.15. The van der Waals surface area contributed by atoms with E-state index in [2.05, 4.69) is 22.5 Å². The molecule has 0 unspecified atom stereocenters. The molecule has 0 aromatic carbocycles. The van der Waals surface area contributed by atoms with Crippen molar-refractivity contribution in [3.05, 3.63) is 23.2 Å². The average molecular weight is 147 g/mol. The fraction of sp³-hybridized carbons (Fsp3) is 0.200. The van der Waals surface area contributed by atoms with Gasteiger partial charge in [0.05, 0.1) is 0 Å². The van der Waals surface area contributed by atoms with Gasteiger partial charge in [-0.25, -0.2) is 0 Å². The first kappa shape index (κ1) is 5.96. The molecule has 0 nitrogen and oxygen atoms in total. The minimum absolute atomic E-state index is 1.15. The Morgan fingerprint density at radius 2 is 2.33 bits per heavy atom. The second-order valence-electron chi connectivity index (χ2n) is 1.06. The van der Waals surface area contributed by atoms with Gasteiger partial charge in [-0.05, 0) is 17.5 Å². The van der Waals surface area contributed by atoms with Gasteiger partial charge in [-0.15, -0.1) is 0 Å². The van der Waals surface area contributed by atoms with Crippen LogP contribution >= 0.6 is 15.9 Å². The molecule has 0 spiro atoms. The highest BCUT2D eigenvalue weighted by molar-refractivity contribution is 9.11. The monoisotopic (exact) mass is 146 g/mol. The van der Waals surface area contributed by atoms with Gasteiger partial charge in [0.15, 0.2) is 0 Å². The van der Waals surface area contributed by atoms with E-state index in [0.29, 0.717) is 0 Å². The molecule has 0 aromatic heterocycles. The van der Waals surface area contributed by atoms with Gasteiger partial charge in [0.1, 0.15) is 0 Å². The van der Waals surface area contributed by atoms with Gasteiger partial charge in [-0.3, -0.25) is 0 Å². The van der Waals surface area contributed by atoms with E-state index in [4.69, 9.17) is 0 Å². The average Bonchev–Trinajstić information content (AvgIpc) is 1.65. The molecular formula is C5H7Br. The maximum absolute atomic E-state index is 3.53. The van der Waals surface area contributed by atoms with Crippen LogP contribution in [0.1, 0.15) is 6.92 Å². The summed E-state index contributed by atoms with van der Waals surface area (Å²) >= 11 is 3.14. The molecular weight excluding hydrogens is 140 g/mol. The number of allylic oxidation sites excluding steroid dienone is 2. The Balaban J connectivity index is 3.50. The fourth-order valence-electron chi connectivity index (χ4n) is 0.0445. The molecule has 1 heteroatoms. The standard InChI is InChI=1S/C5H7Br/c1-3-5(2)4-6/h3-4H,1H2,2H3/b5-4+. The first-order valence-electron chi connectivity index (χ1n) is 1.70. The number of hydrogen-bond acceptors (Lipinski definition) is 0. The van der Waals surface area contributed by atoms with Gasteiger partial charge in [-0.1, -0.05) is 28.6 Å². The maximum Gasteiger partial charge on any atom is -0.0160 e. The van der Waals surface area contributed by atoms with Gasteiger partial charge < -0.3 is 0 Å². The smallest absolute Gasteiger partial charge is 0.0160 e. The molecule has 0 N–H and O–H groups in total. The third-order valence-electron chi connectivity index (χ3n) is 0.494. The molecule has 0 rings (SSSR count). The van der Waals surface area contributed by atoms with Crippen molar-refractivity contribution >= 4 is 15.9 Å². The van der Waals surface area contributed by atoms with Gasteiger partial charge in [-0.2, -0.15) is 0 Å². The van der Waals surface area contributed by atoms with Crippen LogP contribution in [0.25, 0.3) is 0 Å². The quantitative estimate of drug-likeness (QED) is 0.499. The second-order valence-corrected chi connectivity index (χ2v) is 1.52. The first-order valence-corrected chi connectivity index (χ1v) is 2.62. The SMILES string of the molecule is C=C/C(C)=C/Br. The summed E-state index contributed by atoms with van der Waals surface area (Å²) in [6, 6.07) is 0. The minimum Gasteiger partial charge on any atom is -0.0988 e. The molecule has 34 valence electrons. The Labute approximate surface area is 46.7 Å². The summed E-state index contributed by atoms with van der Waals surface area (Å²) in [4.78, 5) is 1.83. The van der Waals surface area contributed by atoms with Gasteiger partial charge in [0.25, 0.3) is 0 Å². The molecule has 0 aliphatic carbocycles. The molecule has 0 radical (unpaired) electrons. The van der Waals surface area contributed by atoms with Crippen LogP contribution in [0.3, 0.4) is 0 Å². The lowest BCUT2D eigenvalue weighted by Crippen LogP contribution is -1.54. The van der Waals surface area contributed by atoms with Crippen molar-refractivity contribution in [1.82, 2.24) is 0 Å². The minimum atomic E-state index is 1.15. The van der Waals surface area contributed by atoms with Crippen LogP contribution in [0.15, 0.2) is 23.2 Å². The maximum atomic E-state index is 3.53. The molecule has 0 atom stereocenters. The zero-order valence-electron chi connectivity index (χ0n) is 3.74.